The molecule has 2 aromatic heterocycles. The van der Waals surface area contributed by atoms with Crippen LogP contribution >= 0.6 is 0 Å². The molecule has 7 N–H and O–H groups in total. The summed E-state index contributed by atoms with van der Waals surface area (Å²) in [6, 6.07) is 49.9. The van der Waals surface area contributed by atoms with Crippen LogP contribution in [0.4, 0.5) is 69.8 Å². The lowest BCUT2D eigenvalue weighted by atomic mass is 10.1. The largest absolute Gasteiger partial charge is 0.324 e. The first-order valence-electron chi connectivity index (χ1n) is 18.5. The summed E-state index contributed by atoms with van der Waals surface area (Å²) in [6.45, 7) is 0. The van der Waals surface area contributed by atoms with E-state index in [4.69, 9.17) is 0 Å². The molecule has 0 atom stereocenters. The van der Waals surface area contributed by atoms with Crippen molar-refractivity contribution in [2.24, 2.45) is 0 Å². The summed E-state index contributed by atoms with van der Waals surface area (Å²) in [6.07, 6.45) is 3.35. The van der Waals surface area contributed by atoms with Crippen molar-refractivity contribution in [2.45, 2.75) is 4.90 Å². The van der Waals surface area contributed by atoms with Crippen LogP contribution in [0.3, 0.4) is 0 Å². The second-order valence-corrected chi connectivity index (χ2v) is 14.4. The minimum absolute atomic E-state index is 0.129. The molecule has 0 aliphatic rings. The molecule has 0 radical (unpaired) electrons. The maximum Gasteiger partial charge on any atom is 0.295 e. The van der Waals surface area contributed by atoms with E-state index in [1.165, 1.54) is 6.07 Å². The molecule has 8 rings (SSSR count). The van der Waals surface area contributed by atoms with Gasteiger partial charge in [0, 0.05) is 34.1 Å². The van der Waals surface area contributed by atoms with Crippen LogP contribution in [0.1, 0.15) is 11.1 Å². The SMILES string of the molecule is O=S(=O)(O)c1cc(Nc2nc(Nc3ccccc3)nc(Nc3ccccc3)n2)ccc1/C=C/c1ccc(Nc2nc(Nc3ccccc3)nc(Nc3ccccc3)n2)cc1. The highest BCUT2D eigenvalue weighted by atomic mass is 32.2. The van der Waals surface area contributed by atoms with Crippen molar-refractivity contribution < 1.29 is 13.0 Å². The van der Waals surface area contributed by atoms with Gasteiger partial charge in [-0.05, 0) is 83.9 Å². The van der Waals surface area contributed by atoms with Gasteiger partial charge in [0.15, 0.2) is 0 Å². The Hall–Kier alpha value is -8.21. The zero-order valence-electron chi connectivity index (χ0n) is 31.6. The summed E-state index contributed by atoms with van der Waals surface area (Å²) in [5.41, 5.74) is 5.20. The Morgan fingerprint density at radius 2 is 0.667 bits per heavy atom. The summed E-state index contributed by atoms with van der Waals surface area (Å²) in [5.74, 6) is 1.61. The third-order valence-corrected chi connectivity index (χ3v) is 9.47. The number of hydrogen-bond acceptors (Lipinski definition) is 14. The van der Waals surface area contributed by atoms with Gasteiger partial charge in [0.05, 0.1) is 0 Å². The second kappa shape index (κ2) is 17.9. The number of rotatable bonds is 15. The quantitative estimate of drug-likeness (QED) is 0.0380. The molecule has 0 aliphatic heterocycles. The van der Waals surface area contributed by atoms with Crippen molar-refractivity contribution in [3.8, 4) is 0 Å². The molecule has 15 nitrogen and oxygen atoms in total. The van der Waals surface area contributed by atoms with E-state index < -0.39 is 10.1 Å². The number of hydrogen-bond donors (Lipinski definition) is 7. The zero-order chi connectivity index (χ0) is 41.2. The van der Waals surface area contributed by atoms with Crippen LogP contribution in [-0.2, 0) is 10.1 Å². The Balaban J connectivity index is 0.997. The normalized spacial score (nSPS) is 11.2. The Morgan fingerprint density at radius 1 is 0.367 bits per heavy atom. The highest BCUT2D eigenvalue weighted by molar-refractivity contribution is 7.86. The smallest absolute Gasteiger partial charge is 0.295 e. The van der Waals surface area contributed by atoms with Gasteiger partial charge in [0.2, 0.25) is 35.7 Å². The number of nitrogens with one attached hydrogen (secondary N) is 6. The molecule has 0 fully saturated rings. The average Bonchev–Trinajstić information content (AvgIpc) is 3.25. The first kappa shape index (κ1) is 38.7. The molecule has 2 heterocycles. The van der Waals surface area contributed by atoms with E-state index in [0.717, 1.165) is 28.3 Å². The van der Waals surface area contributed by atoms with Gasteiger partial charge < -0.3 is 31.9 Å². The summed E-state index contributed by atoms with van der Waals surface area (Å²) >= 11 is 0. The highest BCUT2D eigenvalue weighted by Crippen LogP contribution is 2.27. The lowest BCUT2D eigenvalue weighted by Gasteiger charge is -2.12. The first-order valence-corrected chi connectivity index (χ1v) is 20.0. The number of para-hydroxylation sites is 4. The monoisotopic (exact) mass is 812 g/mol. The minimum Gasteiger partial charge on any atom is -0.324 e. The van der Waals surface area contributed by atoms with Crippen molar-refractivity contribution in [2.75, 3.05) is 31.9 Å². The molecule has 296 valence electrons. The van der Waals surface area contributed by atoms with Gasteiger partial charge in [-0.1, -0.05) is 103 Å². The topological polar surface area (TPSA) is 204 Å². The third kappa shape index (κ3) is 10.6. The van der Waals surface area contributed by atoms with Crippen molar-refractivity contribution in [1.29, 1.82) is 0 Å². The number of aromatic nitrogens is 6. The van der Waals surface area contributed by atoms with Crippen molar-refractivity contribution >= 4 is 92.1 Å². The molecule has 6 aromatic carbocycles. The maximum atomic E-state index is 12.7. The van der Waals surface area contributed by atoms with Gasteiger partial charge in [-0.2, -0.15) is 38.3 Å². The van der Waals surface area contributed by atoms with Crippen LogP contribution < -0.4 is 31.9 Å². The molecule has 0 aliphatic carbocycles. The number of anilines is 12. The molecular formula is C44H36N12O3S. The lowest BCUT2D eigenvalue weighted by Crippen LogP contribution is -2.08. The highest BCUT2D eigenvalue weighted by Gasteiger charge is 2.17. The van der Waals surface area contributed by atoms with Crippen LogP contribution in [0.25, 0.3) is 12.2 Å². The maximum absolute atomic E-state index is 12.7. The van der Waals surface area contributed by atoms with E-state index >= 15 is 0 Å². The summed E-state index contributed by atoms with van der Waals surface area (Å²) in [5, 5.41) is 19.1. The van der Waals surface area contributed by atoms with E-state index in [0.29, 0.717) is 29.2 Å². The molecule has 8 aromatic rings. The van der Waals surface area contributed by atoms with E-state index in [1.807, 2.05) is 146 Å². The lowest BCUT2D eigenvalue weighted by molar-refractivity contribution is 0.483. The van der Waals surface area contributed by atoms with Crippen LogP contribution in [0, 0.1) is 0 Å². The summed E-state index contributed by atoms with van der Waals surface area (Å²) < 4.78 is 35.6. The molecule has 0 bridgehead atoms. The van der Waals surface area contributed by atoms with E-state index in [-0.39, 0.29) is 28.3 Å². The second-order valence-electron chi connectivity index (χ2n) is 13.0. The zero-order valence-corrected chi connectivity index (χ0v) is 32.4. The first-order chi connectivity index (χ1) is 29.3. The predicted octanol–water partition coefficient (Wildman–Crippen LogP) is 9.94. The Kier molecular flexibility index (Phi) is 11.6. The fraction of sp³-hybridized carbons (Fsp3) is 0. The molecule has 0 saturated carbocycles. The number of benzene rings is 6. The molecule has 0 spiro atoms. The molecule has 0 amide bonds. The Morgan fingerprint density at radius 3 is 1.00 bits per heavy atom. The Bertz CT molecular complexity index is 2720. The molecule has 16 heteroatoms. The third-order valence-electron chi connectivity index (χ3n) is 8.56. The molecule has 0 saturated heterocycles. The van der Waals surface area contributed by atoms with Gasteiger partial charge in [0.1, 0.15) is 4.90 Å². The average molecular weight is 813 g/mol. The van der Waals surface area contributed by atoms with Crippen LogP contribution in [0.15, 0.2) is 169 Å². The predicted molar refractivity (Wildman–Crippen MR) is 237 cm³/mol. The van der Waals surface area contributed by atoms with Gasteiger partial charge in [-0.3, -0.25) is 4.55 Å². The minimum atomic E-state index is -4.65. The van der Waals surface area contributed by atoms with Crippen LogP contribution in [0.5, 0.6) is 0 Å². The van der Waals surface area contributed by atoms with Gasteiger partial charge in [-0.15, -0.1) is 0 Å². The van der Waals surface area contributed by atoms with E-state index in [1.54, 1.807) is 24.3 Å². The van der Waals surface area contributed by atoms with Gasteiger partial charge in [0.25, 0.3) is 10.1 Å². The molecule has 0 unspecified atom stereocenters. The standard InChI is InChI=1S/C44H36N12O3S/c57-60(58,59)38-29-37(50-44-55-41(47-34-17-9-3-10-18-34)52-42(56-44)48-35-19-11-4-12-20-35)28-25-31(38)24-21-30-22-26-36(27-23-30)49-43-53-39(45-32-13-5-1-6-14-32)51-40(54-43)46-33-15-7-2-8-16-33/h1-29H,(H,57,58,59)(H3,45,46,49,51,53,54)(H3,47,48,50,52,55,56)/b24-21+. The number of nitrogens with zero attached hydrogens (tertiary/aromatic N) is 6. The molecular weight excluding hydrogens is 777 g/mol. The van der Waals surface area contributed by atoms with Crippen LogP contribution in [0.2, 0.25) is 0 Å². The summed E-state index contributed by atoms with van der Waals surface area (Å²) in [7, 11) is -4.65. The van der Waals surface area contributed by atoms with Crippen molar-refractivity contribution in [1.82, 2.24) is 29.9 Å². The Labute approximate surface area is 345 Å². The van der Waals surface area contributed by atoms with Gasteiger partial charge >= 0.3 is 0 Å². The van der Waals surface area contributed by atoms with Gasteiger partial charge in [-0.25, -0.2) is 0 Å². The molecule has 60 heavy (non-hydrogen) atoms. The van der Waals surface area contributed by atoms with Crippen molar-refractivity contribution in [3.63, 3.8) is 0 Å². The fourth-order valence-electron chi connectivity index (χ4n) is 5.78. The van der Waals surface area contributed by atoms with Crippen LogP contribution in [-0.4, -0.2) is 42.9 Å². The summed E-state index contributed by atoms with van der Waals surface area (Å²) in [4.78, 5) is 26.9. The van der Waals surface area contributed by atoms with Crippen molar-refractivity contribution in [3.05, 3.63) is 175 Å². The van der Waals surface area contributed by atoms with E-state index in [9.17, 15) is 13.0 Å². The van der Waals surface area contributed by atoms with E-state index in [2.05, 4.69) is 61.8 Å². The fourth-order valence-corrected chi connectivity index (χ4v) is 6.49.